The topological polar surface area (TPSA) is 31.1 Å². The van der Waals surface area contributed by atoms with Gasteiger partial charge in [0.25, 0.3) is 0 Å². The predicted octanol–water partition coefficient (Wildman–Crippen LogP) is 3.19. The van der Waals surface area contributed by atoms with E-state index in [1.807, 2.05) is 6.20 Å². The molecular weight excluding hydrogens is 270 g/mol. The summed E-state index contributed by atoms with van der Waals surface area (Å²) in [5.74, 6) is 0. The van der Waals surface area contributed by atoms with E-state index in [1.54, 1.807) is 0 Å². The number of anilines is 1. The molecule has 3 nitrogen and oxygen atoms in total. The molecule has 1 aliphatic heterocycles. The molecule has 22 heavy (non-hydrogen) atoms. The van der Waals surface area contributed by atoms with E-state index < -0.39 is 0 Å². The molecule has 0 radical (unpaired) electrons. The first-order chi connectivity index (χ1) is 10.9. The van der Waals surface area contributed by atoms with Crippen molar-refractivity contribution in [3.05, 3.63) is 66.4 Å². The molecule has 1 aromatic heterocycles. The Balaban J connectivity index is 1.62. The minimum Gasteiger partial charge on any atom is -0.366 e. The fraction of sp³-hybridized carbons (Fsp3) is 0.263. The molecule has 1 atom stereocenters. The maximum atomic E-state index is 3.54. The summed E-state index contributed by atoms with van der Waals surface area (Å²) in [7, 11) is 0. The highest BCUT2D eigenvalue weighted by Crippen LogP contribution is 2.24. The normalized spacial score (nSPS) is 18.7. The van der Waals surface area contributed by atoms with E-state index >= 15 is 0 Å². The number of hydrogen-bond donors (Lipinski definition) is 2. The Hall–Kier alpha value is -2.26. The maximum absolute atomic E-state index is 3.54. The van der Waals surface area contributed by atoms with Gasteiger partial charge in [0.15, 0.2) is 0 Å². The van der Waals surface area contributed by atoms with Gasteiger partial charge in [-0.1, -0.05) is 36.4 Å². The van der Waals surface area contributed by atoms with Gasteiger partial charge in [-0.05, 0) is 35.6 Å². The van der Waals surface area contributed by atoms with Gasteiger partial charge in [0.05, 0.1) is 0 Å². The molecule has 4 rings (SSSR count). The van der Waals surface area contributed by atoms with Crippen LogP contribution in [-0.2, 0) is 6.42 Å². The van der Waals surface area contributed by atoms with Crippen LogP contribution in [0, 0.1) is 0 Å². The lowest BCUT2D eigenvalue weighted by atomic mass is 10.0. The zero-order valence-electron chi connectivity index (χ0n) is 12.6. The molecule has 2 aromatic carbocycles. The third-order valence-corrected chi connectivity index (χ3v) is 4.53. The van der Waals surface area contributed by atoms with Crippen molar-refractivity contribution >= 4 is 16.6 Å². The second-order valence-corrected chi connectivity index (χ2v) is 5.99. The molecule has 2 N–H and O–H groups in total. The highest BCUT2D eigenvalue weighted by Gasteiger charge is 2.22. The zero-order valence-corrected chi connectivity index (χ0v) is 12.6. The fourth-order valence-corrected chi connectivity index (χ4v) is 3.38. The van der Waals surface area contributed by atoms with Crippen molar-refractivity contribution < 1.29 is 0 Å². The molecule has 3 heteroatoms. The summed E-state index contributed by atoms with van der Waals surface area (Å²) in [5.41, 5.74) is 3.94. The second-order valence-electron chi connectivity index (χ2n) is 5.99. The second kappa shape index (κ2) is 5.85. The van der Waals surface area contributed by atoms with Crippen molar-refractivity contribution in [2.45, 2.75) is 12.5 Å². The van der Waals surface area contributed by atoms with Crippen molar-refractivity contribution in [2.75, 3.05) is 24.5 Å². The molecule has 2 heterocycles. The fourth-order valence-electron chi connectivity index (χ4n) is 3.38. The lowest BCUT2D eigenvalue weighted by Gasteiger charge is -2.38. The van der Waals surface area contributed by atoms with Crippen LogP contribution < -0.4 is 10.2 Å². The number of fused-ring (bicyclic) bond motifs is 1. The highest BCUT2D eigenvalue weighted by atomic mass is 15.2. The molecule has 112 valence electrons. The van der Waals surface area contributed by atoms with Crippen LogP contribution in [0.3, 0.4) is 0 Å². The summed E-state index contributed by atoms with van der Waals surface area (Å²) in [5, 5.41) is 4.81. The van der Waals surface area contributed by atoms with E-state index in [9.17, 15) is 0 Å². The number of H-pyrrole nitrogens is 1. The van der Waals surface area contributed by atoms with Crippen LogP contribution in [0.5, 0.6) is 0 Å². The summed E-state index contributed by atoms with van der Waals surface area (Å²) < 4.78 is 0. The van der Waals surface area contributed by atoms with Crippen molar-refractivity contribution in [1.82, 2.24) is 10.3 Å². The standard InChI is InChI=1S/C19H21N3/c1-2-4-15(5-3-1)12-18-14-20-10-11-22(18)17-7-6-16-8-9-21-19(16)13-17/h1-9,13,18,20-21H,10-12,14H2. The Labute approximate surface area is 131 Å². The van der Waals surface area contributed by atoms with Crippen LogP contribution in [0.4, 0.5) is 5.69 Å². The summed E-state index contributed by atoms with van der Waals surface area (Å²) in [6, 6.07) is 20.1. The van der Waals surface area contributed by atoms with Gasteiger partial charge in [-0.2, -0.15) is 0 Å². The van der Waals surface area contributed by atoms with Crippen LogP contribution >= 0.6 is 0 Å². The Morgan fingerprint density at radius 2 is 1.95 bits per heavy atom. The number of rotatable bonds is 3. The van der Waals surface area contributed by atoms with Gasteiger partial charge in [0.1, 0.15) is 0 Å². The largest absolute Gasteiger partial charge is 0.366 e. The molecule has 0 amide bonds. The molecule has 1 fully saturated rings. The van der Waals surface area contributed by atoms with E-state index in [0.29, 0.717) is 6.04 Å². The van der Waals surface area contributed by atoms with E-state index in [2.05, 4.69) is 69.8 Å². The lowest BCUT2D eigenvalue weighted by Crippen LogP contribution is -2.52. The molecule has 0 saturated carbocycles. The van der Waals surface area contributed by atoms with E-state index in [0.717, 1.165) is 26.1 Å². The van der Waals surface area contributed by atoms with Gasteiger partial charge in [-0.25, -0.2) is 0 Å². The van der Waals surface area contributed by atoms with Gasteiger partial charge >= 0.3 is 0 Å². The maximum Gasteiger partial charge on any atom is 0.0474 e. The molecule has 1 unspecified atom stereocenters. The number of nitrogens with one attached hydrogen (secondary N) is 2. The minimum atomic E-state index is 0.503. The average Bonchev–Trinajstić information content (AvgIpc) is 3.04. The lowest BCUT2D eigenvalue weighted by molar-refractivity contribution is 0.474. The van der Waals surface area contributed by atoms with Crippen LogP contribution in [0.15, 0.2) is 60.8 Å². The third-order valence-electron chi connectivity index (χ3n) is 4.53. The SMILES string of the molecule is c1ccc(CC2CNCCN2c2ccc3cc[nH]c3c2)cc1. The summed E-state index contributed by atoms with van der Waals surface area (Å²) >= 11 is 0. The van der Waals surface area contributed by atoms with Crippen molar-refractivity contribution in [2.24, 2.45) is 0 Å². The molecular formula is C19H21N3. The van der Waals surface area contributed by atoms with E-state index in [4.69, 9.17) is 0 Å². The highest BCUT2D eigenvalue weighted by molar-refractivity contribution is 5.83. The van der Waals surface area contributed by atoms with Crippen LogP contribution in [-0.4, -0.2) is 30.7 Å². The van der Waals surface area contributed by atoms with Crippen LogP contribution in [0.25, 0.3) is 10.9 Å². The van der Waals surface area contributed by atoms with Gasteiger partial charge < -0.3 is 15.2 Å². The Morgan fingerprint density at radius 3 is 2.86 bits per heavy atom. The number of piperazine rings is 1. The van der Waals surface area contributed by atoms with Crippen molar-refractivity contribution in [3.8, 4) is 0 Å². The molecule has 0 bridgehead atoms. The summed E-state index contributed by atoms with van der Waals surface area (Å²) in [6.45, 7) is 3.15. The number of benzene rings is 2. The summed E-state index contributed by atoms with van der Waals surface area (Å²) in [6.07, 6.45) is 3.09. The van der Waals surface area contributed by atoms with Crippen molar-refractivity contribution in [3.63, 3.8) is 0 Å². The first-order valence-electron chi connectivity index (χ1n) is 7.98. The number of nitrogens with zero attached hydrogens (tertiary/aromatic N) is 1. The van der Waals surface area contributed by atoms with E-state index in [1.165, 1.54) is 22.2 Å². The molecule has 0 aliphatic carbocycles. The first-order valence-corrected chi connectivity index (χ1v) is 7.98. The van der Waals surface area contributed by atoms with Crippen molar-refractivity contribution in [1.29, 1.82) is 0 Å². The average molecular weight is 291 g/mol. The first kappa shape index (κ1) is 13.4. The Bertz CT molecular complexity index is 747. The van der Waals surface area contributed by atoms with Gasteiger partial charge in [0.2, 0.25) is 0 Å². The van der Waals surface area contributed by atoms with Crippen LogP contribution in [0.2, 0.25) is 0 Å². The Kier molecular flexibility index (Phi) is 3.57. The molecule has 1 aliphatic rings. The Morgan fingerprint density at radius 1 is 1.05 bits per heavy atom. The monoisotopic (exact) mass is 291 g/mol. The third kappa shape index (κ3) is 2.60. The van der Waals surface area contributed by atoms with Gasteiger partial charge in [-0.3, -0.25) is 0 Å². The summed E-state index contributed by atoms with van der Waals surface area (Å²) in [4.78, 5) is 5.87. The number of hydrogen-bond acceptors (Lipinski definition) is 2. The quantitative estimate of drug-likeness (QED) is 0.776. The van der Waals surface area contributed by atoms with Gasteiger partial charge in [0, 0.05) is 43.1 Å². The molecule has 3 aromatic rings. The van der Waals surface area contributed by atoms with Gasteiger partial charge in [-0.15, -0.1) is 0 Å². The number of aromatic amines is 1. The minimum absolute atomic E-state index is 0.503. The molecule has 0 spiro atoms. The van der Waals surface area contributed by atoms with E-state index in [-0.39, 0.29) is 0 Å². The molecule has 1 saturated heterocycles. The smallest absolute Gasteiger partial charge is 0.0474 e. The zero-order chi connectivity index (χ0) is 14.8. The van der Waals surface area contributed by atoms with Crippen LogP contribution in [0.1, 0.15) is 5.56 Å². The number of aromatic nitrogens is 1. The predicted molar refractivity (Wildman–Crippen MR) is 92.4 cm³/mol.